The largest absolute Gasteiger partial charge is 0.496 e. The van der Waals surface area contributed by atoms with E-state index in [4.69, 9.17) is 9.47 Å². The highest BCUT2D eigenvalue weighted by atomic mass is 19.1. The second-order valence-electron chi connectivity index (χ2n) is 5.36. The number of benzene rings is 2. The van der Waals surface area contributed by atoms with E-state index in [9.17, 15) is 14.0 Å². The van der Waals surface area contributed by atoms with Crippen molar-refractivity contribution in [3.8, 4) is 11.5 Å². The first kappa shape index (κ1) is 18.3. The van der Waals surface area contributed by atoms with E-state index in [0.29, 0.717) is 17.1 Å². The average molecular weight is 346 g/mol. The first-order valence-corrected chi connectivity index (χ1v) is 7.57. The first-order chi connectivity index (χ1) is 11.9. The van der Waals surface area contributed by atoms with Gasteiger partial charge in [0.1, 0.15) is 17.3 Å². The van der Waals surface area contributed by atoms with Gasteiger partial charge >= 0.3 is 0 Å². The number of nitrogens with one attached hydrogen (secondary N) is 2. The van der Waals surface area contributed by atoms with Crippen molar-refractivity contribution in [2.24, 2.45) is 0 Å². The van der Waals surface area contributed by atoms with E-state index in [1.807, 2.05) is 13.0 Å². The fraction of sp³-hybridized carbons (Fsp3) is 0.222. The fourth-order valence-corrected chi connectivity index (χ4v) is 2.06. The van der Waals surface area contributed by atoms with Crippen LogP contribution in [0.3, 0.4) is 0 Å². The van der Waals surface area contributed by atoms with Crippen LogP contribution in [0.5, 0.6) is 11.5 Å². The Morgan fingerprint density at radius 3 is 2.40 bits per heavy atom. The van der Waals surface area contributed by atoms with Gasteiger partial charge in [0.2, 0.25) is 0 Å². The highest BCUT2D eigenvalue weighted by Gasteiger charge is 2.17. The number of ether oxygens (including phenoxy) is 2. The molecular formula is C18H19FN2O4. The molecule has 132 valence electrons. The summed E-state index contributed by atoms with van der Waals surface area (Å²) in [6, 6.07) is 10.4. The predicted molar refractivity (Wildman–Crippen MR) is 89.8 cm³/mol. The van der Waals surface area contributed by atoms with Crippen molar-refractivity contribution in [2.45, 2.75) is 20.0 Å². The van der Waals surface area contributed by atoms with Crippen LogP contribution in [0, 0.1) is 12.7 Å². The van der Waals surface area contributed by atoms with Crippen molar-refractivity contribution in [1.82, 2.24) is 10.9 Å². The molecule has 0 heterocycles. The lowest BCUT2D eigenvalue weighted by atomic mass is 10.1. The second-order valence-corrected chi connectivity index (χ2v) is 5.36. The van der Waals surface area contributed by atoms with Crippen molar-refractivity contribution in [1.29, 1.82) is 0 Å². The maximum absolute atomic E-state index is 12.9. The van der Waals surface area contributed by atoms with Crippen molar-refractivity contribution in [2.75, 3.05) is 7.11 Å². The molecule has 2 aromatic carbocycles. The predicted octanol–water partition coefficient (Wildman–Crippen LogP) is 2.37. The van der Waals surface area contributed by atoms with Gasteiger partial charge in [0, 0.05) is 0 Å². The third kappa shape index (κ3) is 4.94. The van der Waals surface area contributed by atoms with Gasteiger partial charge in [0.15, 0.2) is 6.10 Å². The van der Waals surface area contributed by atoms with Crippen LogP contribution >= 0.6 is 0 Å². The van der Waals surface area contributed by atoms with E-state index >= 15 is 0 Å². The molecule has 1 atom stereocenters. The standard InChI is InChI=1S/C18H19FN2O4/c1-11-4-9-16(24-3)15(10-11)18(23)21-20-17(22)12(2)25-14-7-5-13(19)6-8-14/h4-10,12H,1-3H3,(H,20,22)(H,21,23)/t12-/m1/s1. The Morgan fingerprint density at radius 2 is 1.76 bits per heavy atom. The lowest BCUT2D eigenvalue weighted by Gasteiger charge is -2.16. The Morgan fingerprint density at radius 1 is 1.08 bits per heavy atom. The molecule has 2 aromatic rings. The van der Waals surface area contributed by atoms with Crippen LogP contribution in [-0.2, 0) is 4.79 Å². The summed E-state index contributed by atoms with van der Waals surface area (Å²) in [6.45, 7) is 3.35. The zero-order chi connectivity index (χ0) is 18.4. The van der Waals surface area contributed by atoms with Crippen LogP contribution in [0.2, 0.25) is 0 Å². The van der Waals surface area contributed by atoms with Gasteiger partial charge < -0.3 is 9.47 Å². The molecule has 2 N–H and O–H groups in total. The molecule has 0 unspecified atom stereocenters. The van der Waals surface area contributed by atoms with Crippen LogP contribution in [0.1, 0.15) is 22.8 Å². The van der Waals surface area contributed by atoms with Gasteiger partial charge in [-0.15, -0.1) is 0 Å². The summed E-state index contributed by atoms with van der Waals surface area (Å²) in [6.07, 6.45) is -0.884. The third-order valence-electron chi connectivity index (χ3n) is 3.39. The molecule has 0 bridgehead atoms. The fourth-order valence-electron chi connectivity index (χ4n) is 2.06. The zero-order valence-corrected chi connectivity index (χ0v) is 14.1. The quantitative estimate of drug-likeness (QED) is 0.815. The number of methoxy groups -OCH3 is 1. The Kier molecular flexibility index (Phi) is 5.94. The molecule has 0 saturated heterocycles. The minimum Gasteiger partial charge on any atom is -0.496 e. The van der Waals surface area contributed by atoms with Crippen molar-refractivity contribution >= 4 is 11.8 Å². The monoisotopic (exact) mass is 346 g/mol. The number of hydrazine groups is 1. The molecule has 0 aliphatic heterocycles. The number of rotatable bonds is 5. The molecule has 6 nitrogen and oxygen atoms in total. The molecule has 0 fully saturated rings. The normalized spacial score (nSPS) is 11.4. The Bertz CT molecular complexity index is 762. The molecular weight excluding hydrogens is 327 g/mol. The first-order valence-electron chi connectivity index (χ1n) is 7.57. The molecule has 0 radical (unpaired) electrons. The Labute approximate surface area is 144 Å². The van der Waals surface area contributed by atoms with E-state index in [1.54, 1.807) is 12.1 Å². The molecule has 7 heteroatoms. The molecule has 0 aromatic heterocycles. The van der Waals surface area contributed by atoms with E-state index in [2.05, 4.69) is 10.9 Å². The molecule has 2 rings (SSSR count). The minimum atomic E-state index is -0.884. The SMILES string of the molecule is COc1ccc(C)cc1C(=O)NNC(=O)[C@@H](C)Oc1ccc(F)cc1. The third-order valence-corrected chi connectivity index (χ3v) is 3.39. The Balaban J connectivity index is 1.93. The van der Waals surface area contributed by atoms with Gasteiger partial charge in [0.25, 0.3) is 11.8 Å². The number of aryl methyl sites for hydroxylation is 1. The number of carbonyl (C=O) groups excluding carboxylic acids is 2. The summed E-state index contributed by atoms with van der Waals surface area (Å²) in [5.74, 6) is -0.723. The summed E-state index contributed by atoms with van der Waals surface area (Å²) in [4.78, 5) is 24.2. The topological polar surface area (TPSA) is 76.7 Å². The number of halogens is 1. The summed E-state index contributed by atoms with van der Waals surface area (Å²) in [5.41, 5.74) is 5.79. The molecule has 0 aliphatic carbocycles. The molecule has 0 spiro atoms. The van der Waals surface area contributed by atoms with Crippen LogP contribution in [0.15, 0.2) is 42.5 Å². The summed E-state index contributed by atoms with van der Waals surface area (Å²) in [7, 11) is 1.46. The van der Waals surface area contributed by atoms with Gasteiger partial charge in [-0.1, -0.05) is 11.6 Å². The molecule has 25 heavy (non-hydrogen) atoms. The summed E-state index contributed by atoms with van der Waals surface area (Å²) in [5, 5.41) is 0. The van der Waals surface area contributed by atoms with Crippen LogP contribution < -0.4 is 20.3 Å². The van der Waals surface area contributed by atoms with Gasteiger partial charge in [-0.3, -0.25) is 20.4 Å². The van der Waals surface area contributed by atoms with Crippen LogP contribution in [-0.4, -0.2) is 25.0 Å². The maximum atomic E-state index is 12.9. The van der Waals surface area contributed by atoms with E-state index in [-0.39, 0.29) is 0 Å². The number of hydrogen-bond acceptors (Lipinski definition) is 4. The lowest BCUT2D eigenvalue weighted by molar-refractivity contribution is -0.128. The molecule has 2 amide bonds. The molecule has 0 saturated carbocycles. The van der Waals surface area contributed by atoms with E-state index in [1.165, 1.54) is 38.3 Å². The smallest absolute Gasteiger partial charge is 0.279 e. The van der Waals surface area contributed by atoms with Crippen molar-refractivity contribution in [3.63, 3.8) is 0 Å². The van der Waals surface area contributed by atoms with Gasteiger partial charge in [0.05, 0.1) is 12.7 Å². The van der Waals surface area contributed by atoms with E-state index < -0.39 is 23.7 Å². The van der Waals surface area contributed by atoms with E-state index in [0.717, 1.165) is 5.56 Å². The summed E-state index contributed by atoms with van der Waals surface area (Å²) < 4.78 is 23.4. The minimum absolute atomic E-state index is 0.301. The van der Waals surface area contributed by atoms with Crippen molar-refractivity contribution in [3.05, 3.63) is 59.4 Å². The second kappa shape index (κ2) is 8.14. The summed E-state index contributed by atoms with van der Waals surface area (Å²) >= 11 is 0. The number of amides is 2. The zero-order valence-electron chi connectivity index (χ0n) is 14.1. The molecule has 0 aliphatic rings. The highest BCUT2D eigenvalue weighted by Crippen LogP contribution is 2.19. The lowest BCUT2D eigenvalue weighted by Crippen LogP contribution is -2.47. The van der Waals surface area contributed by atoms with Crippen LogP contribution in [0.25, 0.3) is 0 Å². The van der Waals surface area contributed by atoms with Gasteiger partial charge in [-0.25, -0.2) is 4.39 Å². The van der Waals surface area contributed by atoms with Crippen molar-refractivity contribution < 1.29 is 23.5 Å². The average Bonchev–Trinajstić information content (AvgIpc) is 2.61. The van der Waals surface area contributed by atoms with Crippen LogP contribution in [0.4, 0.5) is 4.39 Å². The highest BCUT2D eigenvalue weighted by molar-refractivity contribution is 5.98. The van der Waals surface area contributed by atoms with Gasteiger partial charge in [-0.05, 0) is 50.2 Å². The number of hydrogen-bond donors (Lipinski definition) is 2. The number of carbonyl (C=O) groups is 2. The maximum Gasteiger partial charge on any atom is 0.279 e. The Hall–Kier alpha value is -3.09. The van der Waals surface area contributed by atoms with Gasteiger partial charge in [-0.2, -0.15) is 0 Å².